The molecule has 138 valence electrons. The van der Waals surface area contributed by atoms with Gasteiger partial charge in [-0.3, -0.25) is 9.89 Å². The average molecular weight is 442 g/mol. The molecule has 0 aromatic carbocycles. The summed E-state index contributed by atoms with van der Waals surface area (Å²) in [6.07, 6.45) is 2.17. The maximum absolute atomic E-state index is 5.47. The molecule has 0 saturated carbocycles. The van der Waals surface area contributed by atoms with E-state index in [-0.39, 0.29) is 24.0 Å². The summed E-state index contributed by atoms with van der Waals surface area (Å²) in [5.41, 5.74) is 0. The fraction of sp³-hybridized carbons (Fsp3) is 0.938. The van der Waals surface area contributed by atoms with Gasteiger partial charge in [-0.05, 0) is 18.8 Å². The van der Waals surface area contributed by atoms with Gasteiger partial charge in [-0.1, -0.05) is 13.8 Å². The molecular formula is C16H35IN4O2. The maximum Gasteiger partial charge on any atom is 0.191 e. The quantitative estimate of drug-likeness (QED) is 0.246. The van der Waals surface area contributed by atoms with Crippen molar-refractivity contribution in [2.45, 2.75) is 32.7 Å². The molecule has 0 amide bonds. The molecule has 1 saturated heterocycles. The number of methoxy groups -OCH3 is 1. The summed E-state index contributed by atoms with van der Waals surface area (Å²) in [6.45, 7) is 10.9. The van der Waals surface area contributed by atoms with Gasteiger partial charge in [0.2, 0.25) is 0 Å². The minimum Gasteiger partial charge on any atom is -0.385 e. The summed E-state index contributed by atoms with van der Waals surface area (Å²) in [5.74, 6) is 1.56. The van der Waals surface area contributed by atoms with Gasteiger partial charge in [0, 0.05) is 53.0 Å². The lowest BCUT2D eigenvalue weighted by molar-refractivity contribution is 0.0132. The summed E-state index contributed by atoms with van der Waals surface area (Å²) < 4.78 is 10.5. The van der Waals surface area contributed by atoms with Crippen LogP contribution in [0.2, 0.25) is 0 Å². The molecule has 0 spiro atoms. The van der Waals surface area contributed by atoms with E-state index in [2.05, 4.69) is 34.4 Å². The van der Waals surface area contributed by atoms with Crippen molar-refractivity contribution in [3.8, 4) is 0 Å². The maximum atomic E-state index is 5.47. The highest BCUT2D eigenvalue weighted by Gasteiger charge is 2.22. The summed E-state index contributed by atoms with van der Waals surface area (Å²) in [6, 6.07) is 0.529. The van der Waals surface area contributed by atoms with E-state index in [9.17, 15) is 0 Å². The van der Waals surface area contributed by atoms with Gasteiger partial charge in [-0.15, -0.1) is 24.0 Å². The number of morpholine rings is 1. The first-order valence-electron chi connectivity index (χ1n) is 8.42. The van der Waals surface area contributed by atoms with Gasteiger partial charge in [0.25, 0.3) is 0 Å². The first-order chi connectivity index (χ1) is 10.7. The Morgan fingerprint density at radius 2 is 1.96 bits per heavy atom. The molecule has 0 radical (unpaired) electrons. The van der Waals surface area contributed by atoms with Crippen LogP contribution in [0.15, 0.2) is 4.99 Å². The first kappa shape index (κ1) is 22.9. The van der Waals surface area contributed by atoms with Crippen LogP contribution < -0.4 is 10.6 Å². The number of nitrogens with zero attached hydrogens (tertiary/aromatic N) is 2. The van der Waals surface area contributed by atoms with Crippen molar-refractivity contribution in [3.63, 3.8) is 0 Å². The van der Waals surface area contributed by atoms with E-state index in [1.807, 2.05) is 7.05 Å². The third kappa shape index (κ3) is 10.4. The molecule has 1 heterocycles. The topological polar surface area (TPSA) is 58.1 Å². The van der Waals surface area contributed by atoms with Crippen LogP contribution in [0.1, 0.15) is 26.7 Å². The lowest BCUT2D eigenvalue weighted by Crippen LogP contribution is -2.51. The number of hydrogen-bond acceptors (Lipinski definition) is 4. The Morgan fingerprint density at radius 1 is 1.26 bits per heavy atom. The van der Waals surface area contributed by atoms with Crippen LogP contribution >= 0.6 is 24.0 Å². The zero-order valence-corrected chi connectivity index (χ0v) is 17.5. The Kier molecular flexibility index (Phi) is 14.2. The highest BCUT2D eigenvalue weighted by molar-refractivity contribution is 14.0. The van der Waals surface area contributed by atoms with Crippen molar-refractivity contribution in [2.75, 3.05) is 60.2 Å². The lowest BCUT2D eigenvalue weighted by atomic mass is 10.0. The number of aliphatic imine (C=N–C) groups is 1. The summed E-state index contributed by atoms with van der Waals surface area (Å²) in [7, 11) is 3.55. The van der Waals surface area contributed by atoms with E-state index in [1.165, 1.54) is 6.42 Å². The standard InChI is InChI=1S/C16H34N4O2.HI/c1-14(2)12-15(20-7-10-22-11-8-20)13-19-16(17-3)18-6-5-9-21-4;/h14-15H,5-13H2,1-4H3,(H2,17,18,19);1H. The molecule has 2 N–H and O–H groups in total. The lowest BCUT2D eigenvalue weighted by Gasteiger charge is -2.35. The second-order valence-corrected chi connectivity index (χ2v) is 6.16. The van der Waals surface area contributed by atoms with Crippen LogP contribution in [-0.2, 0) is 9.47 Å². The van der Waals surface area contributed by atoms with Crippen molar-refractivity contribution in [1.29, 1.82) is 0 Å². The SMILES string of the molecule is CN=C(NCCCOC)NCC(CC(C)C)N1CCOCC1.I. The predicted octanol–water partition coefficient (Wildman–Crippen LogP) is 1.55. The van der Waals surface area contributed by atoms with Gasteiger partial charge >= 0.3 is 0 Å². The summed E-state index contributed by atoms with van der Waals surface area (Å²) >= 11 is 0. The molecule has 1 aliphatic rings. The van der Waals surface area contributed by atoms with Gasteiger partial charge in [-0.25, -0.2) is 0 Å². The normalized spacial score (nSPS) is 17.7. The smallest absolute Gasteiger partial charge is 0.191 e. The molecular weight excluding hydrogens is 407 g/mol. The molecule has 0 bridgehead atoms. The second kappa shape index (κ2) is 14.2. The number of nitrogens with one attached hydrogen (secondary N) is 2. The molecule has 0 aliphatic carbocycles. The van der Waals surface area contributed by atoms with Gasteiger partial charge in [-0.2, -0.15) is 0 Å². The van der Waals surface area contributed by atoms with Crippen molar-refractivity contribution in [3.05, 3.63) is 0 Å². The minimum absolute atomic E-state index is 0. The van der Waals surface area contributed by atoms with Gasteiger partial charge in [0.1, 0.15) is 0 Å². The van der Waals surface area contributed by atoms with E-state index in [4.69, 9.17) is 9.47 Å². The minimum atomic E-state index is 0. The molecule has 1 rings (SSSR count). The Morgan fingerprint density at radius 3 is 2.52 bits per heavy atom. The zero-order valence-electron chi connectivity index (χ0n) is 15.1. The summed E-state index contributed by atoms with van der Waals surface area (Å²) in [4.78, 5) is 6.83. The van der Waals surface area contributed by atoms with Gasteiger partial charge in [0.15, 0.2) is 5.96 Å². The Balaban J connectivity index is 0.00000484. The fourth-order valence-corrected chi connectivity index (χ4v) is 2.71. The van der Waals surface area contributed by atoms with E-state index >= 15 is 0 Å². The van der Waals surface area contributed by atoms with Gasteiger partial charge in [0.05, 0.1) is 13.2 Å². The fourth-order valence-electron chi connectivity index (χ4n) is 2.71. The van der Waals surface area contributed by atoms with Crippen LogP contribution in [0.5, 0.6) is 0 Å². The first-order valence-corrected chi connectivity index (χ1v) is 8.42. The number of halogens is 1. The number of ether oxygens (including phenoxy) is 2. The molecule has 7 heteroatoms. The van der Waals surface area contributed by atoms with Gasteiger partial charge < -0.3 is 20.1 Å². The zero-order chi connectivity index (χ0) is 16.2. The molecule has 1 atom stereocenters. The van der Waals surface area contributed by atoms with Crippen LogP contribution in [0.25, 0.3) is 0 Å². The number of guanidine groups is 1. The number of rotatable bonds is 9. The van der Waals surface area contributed by atoms with Crippen LogP contribution in [0.4, 0.5) is 0 Å². The molecule has 0 aromatic heterocycles. The molecule has 0 aromatic rings. The third-order valence-corrected chi connectivity index (χ3v) is 3.85. The largest absolute Gasteiger partial charge is 0.385 e. The van der Waals surface area contributed by atoms with E-state index < -0.39 is 0 Å². The van der Waals surface area contributed by atoms with E-state index in [1.54, 1.807) is 7.11 Å². The molecule has 6 nitrogen and oxygen atoms in total. The van der Waals surface area contributed by atoms with Crippen LogP contribution in [-0.4, -0.2) is 77.1 Å². The average Bonchev–Trinajstić information content (AvgIpc) is 2.53. The highest BCUT2D eigenvalue weighted by atomic mass is 127. The Hall–Kier alpha value is -0.120. The van der Waals surface area contributed by atoms with E-state index in [0.717, 1.165) is 58.4 Å². The Bertz CT molecular complexity index is 310. The Labute approximate surface area is 158 Å². The van der Waals surface area contributed by atoms with Crippen LogP contribution in [0.3, 0.4) is 0 Å². The molecule has 1 unspecified atom stereocenters. The second-order valence-electron chi connectivity index (χ2n) is 6.16. The summed E-state index contributed by atoms with van der Waals surface area (Å²) in [5, 5.41) is 6.80. The van der Waals surface area contributed by atoms with Crippen molar-refractivity contribution in [1.82, 2.24) is 15.5 Å². The van der Waals surface area contributed by atoms with Crippen molar-refractivity contribution in [2.24, 2.45) is 10.9 Å². The van der Waals surface area contributed by atoms with Crippen LogP contribution in [0, 0.1) is 5.92 Å². The third-order valence-electron chi connectivity index (χ3n) is 3.85. The predicted molar refractivity (Wildman–Crippen MR) is 107 cm³/mol. The van der Waals surface area contributed by atoms with Crippen molar-refractivity contribution >= 4 is 29.9 Å². The van der Waals surface area contributed by atoms with E-state index in [0.29, 0.717) is 12.0 Å². The molecule has 23 heavy (non-hydrogen) atoms. The van der Waals surface area contributed by atoms with Crippen molar-refractivity contribution < 1.29 is 9.47 Å². The highest BCUT2D eigenvalue weighted by Crippen LogP contribution is 2.12. The number of hydrogen-bond donors (Lipinski definition) is 2. The molecule has 1 fully saturated rings. The monoisotopic (exact) mass is 442 g/mol. The molecule has 1 aliphatic heterocycles.